The fourth-order valence-corrected chi connectivity index (χ4v) is 2.34. The van der Waals surface area contributed by atoms with E-state index in [0.29, 0.717) is 0 Å². The van der Waals surface area contributed by atoms with Gasteiger partial charge in [-0.3, -0.25) is 0 Å². The first-order valence-electron chi connectivity index (χ1n) is 8.21. The van der Waals surface area contributed by atoms with Crippen LogP contribution < -0.4 is 11.1 Å². The maximum Gasteiger partial charge on any atom is 0.408 e. The van der Waals surface area contributed by atoms with Gasteiger partial charge in [0, 0.05) is 23.5 Å². The Kier molecular flexibility index (Phi) is 5.86. The molecule has 0 aliphatic rings. The van der Waals surface area contributed by atoms with Gasteiger partial charge in [0.2, 0.25) is 0 Å². The van der Waals surface area contributed by atoms with Crippen molar-refractivity contribution in [3.05, 3.63) is 36.0 Å². The van der Waals surface area contributed by atoms with Crippen molar-refractivity contribution in [1.29, 1.82) is 0 Å². The molecular formula is C18H24N4O4. The zero-order valence-corrected chi connectivity index (χ0v) is 15.3. The number of nitrogens with one attached hydrogen (secondary N) is 2. The topological polar surface area (TPSA) is 119 Å². The second-order valence-electron chi connectivity index (χ2n) is 6.91. The van der Waals surface area contributed by atoms with Gasteiger partial charge in [-0.15, -0.1) is 0 Å². The highest BCUT2D eigenvalue weighted by atomic mass is 16.7. The number of benzene rings is 1. The number of hydrogen-bond acceptors (Lipinski definition) is 5. The highest BCUT2D eigenvalue weighted by Gasteiger charge is 2.27. The van der Waals surface area contributed by atoms with Crippen molar-refractivity contribution < 1.29 is 19.2 Å². The third kappa shape index (κ3) is 5.51. The van der Waals surface area contributed by atoms with E-state index >= 15 is 0 Å². The third-order valence-electron chi connectivity index (χ3n) is 3.35. The number of aromatic amines is 1. The number of nitrogens with zero attached hydrogens (tertiary/aromatic N) is 1. The zero-order valence-electron chi connectivity index (χ0n) is 15.3. The van der Waals surface area contributed by atoms with Gasteiger partial charge >= 0.3 is 12.1 Å². The normalized spacial score (nSPS) is 13.3. The van der Waals surface area contributed by atoms with E-state index in [9.17, 15) is 9.59 Å². The molecular weight excluding hydrogens is 336 g/mol. The zero-order chi connectivity index (χ0) is 19.3. The van der Waals surface area contributed by atoms with Gasteiger partial charge in [0.05, 0.1) is 0 Å². The van der Waals surface area contributed by atoms with Crippen molar-refractivity contribution in [3.63, 3.8) is 0 Å². The molecule has 1 aromatic carbocycles. The second-order valence-corrected chi connectivity index (χ2v) is 6.91. The second kappa shape index (κ2) is 7.90. The quantitative estimate of drug-likeness (QED) is 0.327. The minimum atomic E-state index is -0.979. The fraction of sp³-hybridized carbons (Fsp3) is 0.389. The lowest BCUT2D eigenvalue weighted by Crippen LogP contribution is -2.45. The molecule has 1 amide bonds. The number of H-pyrrole nitrogens is 1. The summed E-state index contributed by atoms with van der Waals surface area (Å²) in [4.78, 5) is 32.4. The van der Waals surface area contributed by atoms with Crippen molar-refractivity contribution >= 4 is 28.8 Å². The molecule has 0 aliphatic heterocycles. The Hall–Kier alpha value is -3.03. The number of aromatic nitrogens is 1. The third-order valence-corrected chi connectivity index (χ3v) is 3.35. The van der Waals surface area contributed by atoms with Gasteiger partial charge in [0.25, 0.3) is 0 Å². The van der Waals surface area contributed by atoms with Crippen LogP contribution >= 0.6 is 0 Å². The van der Waals surface area contributed by atoms with Crippen LogP contribution in [0.15, 0.2) is 35.6 Å². The van der Waals surface area contributed by atoms with Crippen molar-refractivity contribution in [2.24, 2.45) is 10.9 Å². The summed E-state index contributed by atoms with van der Waals surface area (Å²) in [6, 6.07) is 6.68. The highest BCUT2D eigenvalue weighted by molar-refractivity contribution is 5.86. The predicted molar refractivity (Wildman–Crippen MR) is 98.5 cm³/mol. The van der Waals surface area contributed by atoms with Gasteiger partial charge in [-0.05, 0) is 39.3 Å². The van der Waals surface area contributed by atoms with E-state index in [1.807, 2.05) is 24.3 Å². The SMILES string of the molecule is CC(N)=NOC(=O)[C@@H](Cc1c[nH]c2ccccc12)NC(=O)OC(C)(C)C. The number of hydrogen-bond donors (Lipinski definition) is 3. The number of nitrogens with two attached hydrogens (primary N) is 1. The lowest BCUT2D eigenvalue weighted by atomic mass is 10.1. The summed E-state index contributed by atoms with van der Waals surface area (Å²) in [5.41, 5.74) is 6.49. The van der Waals surface area contributed by atoms with E-state index < -0.39 is 23.7 Å². The Morgan fingerprint density at radius 1 is 1.31 bits per heavy atom. The van der Waals surface area contributed by atoms with Crippen LogP contribution in [-0.4, -0.2) is 34.5 Å². The molecule has 26 heavy (non-hydrogen) atoms. The van der Waals surface area contributed by atoms with Gasteiger partial charge in [-0.2, -0.15) is 0 Å². The maximum absolute atomic E-state index is 12.3. The molecule has 8 nitrogen and oxygen atoms in total. The smallest absolute Gasteiger partial charge is 0.408 e. The van der Waals surface area contributed by atoms with Crippen molar-refractivity contribution in [2.45, 2.75) is 45.8 Å². The first kappa shape index (κ1) is 19.3. The molecule has 8 heteroatoms. The fourth-order valence-electron chi connectivity index (χ4n) is 2.34. The van der Waals surface area contributed by atoms with Crippen LogP contribution in [0, 0.1) is 0 Å². The number of oxime groups is 1. The number of fused-ring (bicyclic) bond motifs is 1. The van der Waals surface area contributed by atoms with Crippen molar-refractivity contribution in [1.82, 2.24) is 10.3 Å². The molecule has 1 aromatic heterocycles. The summed E-state index contributed by atoms with van der Waals surface area (Å²) in [7, 11) is 0. The van der Waals surface area contributed by atoms with E-state index in [4.69, 9.17) is 15.3 Å². The lowest BCUT2D eigenvalue weighted by Gasteiger charge is -2.22. The molecule has 0 unspecified atom stereocenters. The van der Waals surface area contributed by atoms with Crippen molar-refractivity contribution in [2.75, 3.05) is 0 Å². The van der Waals surface area contributed by atoms with Crippen LogP contribution in [0.3, 0.4) is 0 Å². The minimum absolute atomic E-state index is 0.0986. The summed E-state index contributed by atoms with van der Waals surface area (Å²) < 4.78 is 5.22. The van der Waals surface area contributed by atoms with Gasteiger partial charge in [0.1, 0.15) is 17.5 Å². The average molecular weight is 360 g/mol. The van der Waals surface area contributed by atoms with Crippen LogP contribution in [0.5, 0.6) is 0 Å². The average Bonchev–Trinajstić information content (AvgIpc) is 2.93. The molecule has 1 heterocycles. The van der Waals surface area contributed by atoms with E-state index in [2.05, 4.69) is 15.5 Å². The van der Waals surface area contributed by atoms with E-state index in [1.165, 1.54) is 6.92 Å². The summed E-state index contributed by atoms with van der Waals surface area (Å²) in [5, 5.41) is 6.96. The Bertz CT molecular complexity index is 816. The van der Waals surface area contributed by atoms with Crippen molar-refractivity contribution in [3.8, 4) is 0 Å². The van der Waals surface area contributed by atoms with E-state index in [0.717, 1.165) is 16.5 Å². The molecule has 0 aliphatic carbocycles. The molecule has 2 rings (SSSR count). The molecule has 0 saturated heterocycles. The molecule has 1 atom stereocenters. The van der Waals surface area contributed by atoms with Gasteiger partial charge in [-0.1, -0.05) is 23.4 Å². The Labute approximate surface area is 151 Å². The standard InChI is InChI=1S/C18H24N4O4/c1-11(19)22-26-16(23)15(21-17(24)25-18(2,3)4)9-12-10-20-14-8-6-5-7-13(12)14/h5-8,10,15,20H,9H2,1-4H3,(H2,19,22)(H,21,24)/t15-/m1/s1. The van der Waals surface area contributed by atoms with Gasteiger partial charge in [0.15, 0.2) is 0 Å². The molecule has 2 aromatic rings. The number of amides is 1. The number of para-hydroxylation sites is 1. The van der Waals surface area contributed by atoms with Crippen LogP contribution in [0.25, 0.3) is 10.9 Å². The van der Waals surface area contributed by atoms with Gasteiger partial charge < -0.3 is 25.6 Å². The first-order chi connectivity index (χ1) is 12.2. The molecule has 4 N–H and O–H groups in total. The molecule has 0 fully saturated rings. The number of alkyl carbamates (subject to hydrolysis) is 1. The Balaban J connectivity index is 2.20. The predicted octanol–water partition coefficient (Wildman–Crippen LogP) is 2.44. The first-order valence-corrected chi connectivity index (χ1v) is 8.21. The Morgan fingerprint density at radius 2 is 2.00 bits per heavy atom. The van der Waals surface area contributed by atoms with Crippen LogP contribution in [0.2, 0.25) is 0 Å². The molecule has 0 bridgehead atoms. The summed E-state index contributed by atoms with van der Waals surface area (Å²) in [5.74, 6) is -0.632. The number of carbonyl (C=O) groups is 2. The molecule has 0 radical (unpaired) electrons. The van der Waals surface area contributed by atoms with Gasteiger partial charge in [-0.25, -0.2) is 9.59 Å². The maximum atomic E-state index is 12.3. The largest absolute Gasteiger partial charge is 0.444 e. The molecule has 140 valence electrons. The number of rotatable bonds is 5. The summed E-state index contributed by atoms with van der Waals surface area (Å²) in [6.07, 6.45) is 1.29. The highest BCUT2D eigenvalue weighted by Crippen LogP contribution is 2.19. The van der Waals surface area contributed by atoms with Crippen LogP contribution in [0.1, 0.15) is 33.3 Å². The molecule has 0 spiro atoms. The summed E-state index contributed by atoms with van der Waals surface area (Å²) >= 11 is 0. The van der Waals surface area contributed by atoms with Crippen LogP contribution in [-0.2, 0) is 20.8 Å². The van der Waals surface area contributed by atoms with E-state index in [-0.39, 0.29) is 12.3 Å². The number of carbonyl (C=O) groups excluding carboxylic acids is 2. The Morgan fingerprint density at radius 3 is 2.65 bits per heavy atom. The monoisotopic (exact) mass is 360 g/mol. The number of amidine groups is 1. The molecule has 0 saturated carbocycles. The summed E-state index contributed by atoms with van der Waals surface area (Å²) in [6.45, 7) is 6.70. The lowest BCUT2D eigenvalue weighted by molar-refractivity contribution is -0.146. The minimum Gasteiger partial charge on any atom is -0.444 e. The number of ether oxygens (including phenoxy) is 1. The van der Waals surface area contributed by atoms with Crippen LogP contribution in [0.4, 0.5) is 4.79 Å². The van der Waals surface area contributed by atoms with E-state index in [1.54, 1.807) is 27.0 Å².